The lowest BCUT2D eigenvalue weighted by Crippen LogP contribution is -2.38. The van der Waals surface area contributed by atoms with Crippen LogP contribution in [-0.4, -0.2) is 78.8 Å². The molecule has 0 amide bonds. The molecule has 68 heavy (non-hydrogen) atoms. The van der Waals surface area contributed by atoms with Gasteiger partial charge in [-0.2, -0.15) is 0 Å². The van der Waals surface area contributed by atoms with Gasteiger partial charge in [-0.1, -0.05) is 48.5 Å². The van der Waals surface area contributed by atoms with Crippen LogP contribution in [0.5, 0.6) is 34.5 Å². The molecule has 2 unspecified atom stereocenters. The van der Waals surface area contributed by atoms with E-state index in [0.29, 0.717) is 99.7 Å². The lowest BCUT2D eigenvalue weighted by atomic mass is 9.95. The number of rotatable bonds is 14. The average molecular weight is 917 g/mol. The lowest BCUT2D eigenvalue weighted by Gasteiger charge is -2.35. The standard InChI is InChI=1S/C52H56N10O6/c1-30-9-6-7-22-62(30)44-27-41(56-59-50(44)53)40-26-36(18-19-45(40)63)68-46-13-5-4-10-38(46)42-28-47(51(54)60-57-42)66-31(2)25-33-14-16-35(17-15-33)37-11-8-12-39(49(37)64)43-29-48(52(55)61-58-43)67-32(3)34-20-23-65-24-21-34/h4-5,8,10-19,26-32,34,63-64H,6-7,9,20-25H2,1-3H3,(H2,53,59)(H2,54,60)(H2,55,61)/t30-,31?,32?/m0/s1. The minimum absolute atomic E-state index is 0.0326. The van der Waals surface area contributed by atoms with E-state index in [1.807, 2.05) is 80.6 Å². The molecule has 0 radical (unpaired) electrons. The Bertz CT molecular complexity index is 2900. The number of nitrogen functional groups attached to an aromatic ring is 3. The Kier molecular flexibility index (Phi) is 13.4. The van der Waals surface area contributed by atoms with Gasteiger partial charge in [-0.3, -0.25) is 0 Å². The number of phenols is 2. The number of piperidine rings is 1. The van der Waals surface area contributed by atoms with Gasteiger partial charge < -0.3 is 51.3 Å². The first-order chi connectivity index (χ1) is 33.0. The molecule has 8 N–H and O–H groups in total. The summed E-state index contributed by atoms with van der Waals surface area (Å²) in [4.78, 5) is 2.25. The van der Waals surface area contributed by atoms with Crippen molar-refractivity contribution in [1.82, 2.24) is 30.6 Å². The minimum Gasteiger partial charge on any atom is -0.507 e. The number of ether oxygens (including phenoxy) is 4. The molecule has 2 fully saturated rings. The fourth-order valence-corrected chi connectivity index (χ4v) is 8.98. The monoisotopic (exact) mass is 916 g/mol. The quantitative estimate of drug-likeness (QED) is 0.0683. The van der Waals surface area contributed by atoms with Crippen LogP contribution >= 0.6 is 0 Å². The van der Waals surface area contributed by atoms with Gasteiger partial charge in [0.15, 0.2) is 29.0 Å². The molecule has 2 aliphatic heterocycles. The van der Waals surface area contributed by atoms with Crippen molar-refractivity contribution < 1.29 is 29.2 Å². The van der Waals surface area contributed by atoms with Gasteiger partial charge in [0.05, 0.1) is 17.5 Å². The summed E-state index contributed by atoms with van der Waals surface area (Å²) in [6.45, 7) is 8.47. The van der Waals surface area contributed by atoms with E-state index >= 15 is 0 Å². The van der Waals surface area contributed by atoms with E-state index in [-0.39, 0.29) is 35.3 Å². The van der Waals surface area contributed by atoms with Gasteiger partial charge >= 0.3 is 0 Å². The second kappa shape index (κ2) is 20.0. The van der Waals surface area contributed by atoms with Crippen LogP contribution in [0.1, 0.15) is 58.4 Å². The summed E-state index contributed by atoms with van der Waals surface area (Å²) in [5, 5.41) is 48.2. The zero-order chi connectivity index (χ0) is 47.3. The van der Waals surface area contributed by atoms with Crippen LogP contribution in [0.25, 0.3) is 44.9 Å². The summed E-state index contributed by atoms with van der Waals surface area (Å²) in [7, 11) is 0. The maximum absolute atomic E-state index is 11.5. The molecule has 0 spiro atoms. The van der Waals surface area contributed by atoms with E-state index in [1.54, 1.807) is 36.4 Å². The molecular weight excluding hydrogens is 861 g/mol. The van der Waals surface area contributed by atoms with E-state index in [2.05, 4.69) is 42.4 Å². The molecule has 3 atom stereocenters. The molecule has 9 rings (SSSR count). The second-order valence-corrected chi connectivity index (χ2v) is 17.6. The normalized spacial score (nSPS) is 16.2. The van der Waals surface area contributed by atoms with Gasteiger partial charge in [-0.05, 0) is 112 Å². The SMILES string of the molecule is CC(Cc1ccc(-c2cccc(-c3cc(OC(C)C4CCOCC4)c(N)nn3)c2O)cc1)Oc1cc(-c2ccccc2Oc2ccc(O)c(-c3cc(N4CCCC[C@@H]4C)c(N)nn3)c2)nnc1N. The van der Waals surface area contributed by atoms with E-state index in [0.717, 1.165) is 49.0 Å². The molecular formula is C52H56N10O6. The number of nitrogens with zero attached hydrogens (tertiary/aromatic N) is 7. The molecule has 0 saturated carbocycles. The molecule has 16 nitrogen and oxygen atoms in total. The molecule has 5 heterocycles. The van der Waals surface area contributed by atoms with E-state index < -0.39 is 0 Å². The van der Waals surface area contributed by atoms with Crippen LogP contribution in [-0.2, 0) is 11.2 Å². The molecule has 0 bridgehead atoms. The summed E-state index contributed by atoms with van der Waals surface area (Å²) in [6, 6.07) is 31.6. The molecule has 2 saturated heterocycles. The van der Waals surface area contributed by atoms with Crippen LogP contribution in [0.15, 0.2) is 103 Å². The summed E-state index contributed by atoms with van der Waals surface area (Å²) in [5.74, 6) is 2.91. The number of nitrogens with two attached hydrogens (primary N) is 3. The first kappa shape index (κ1) is 45.4. The van der Waals surface area contributed by atoms with Crippen LogP contribution in [0.2, 0.25) is 0 Å². The smallest absolute Gasteiger partial charge is 0.188 e. The summed E-state index contributed by atoms with van der Waals surface area (Å²) in [6.07, 6.45) is 5.30. The Morgan fingerprint density at radius 1 is 0.647 bits per heavy atom. The predicted octanol–water partition coefficient (Wildman–Crippen LogP) is 9.26. The number of aromatic hydroxyl groups is 2. The van der Waals surface area contributed by atoms with Crippen molar-refractivity contribution in [3.8, 4) is 79.4 Å². The third-order valence-electron chi connectivity index (χ3n) is 12.8. The second-order valence-electron chi connectivity index (χ2n) is 17.6. The topological polar surface area (TPSA) is 236 Å². The highest BCUT2D eigenvalue weighted by Crippen LogP contribution is 2.41. The molecule has 0 aliphatic carbocycles. The Morgan fingerprint density at radius 2 is 1.29 bits per heavy atom. The van der Waals surface area contributed by atoms with E-state index in [1.165, 1.54) is 6.42 Å². The van der Waals surface area contributed by atoms with Crippen molar-refractivity contribution in [3.05, 3.63) is 109 Å². The van der Waals surface area contributed by atoms with E-state index in [9.17, 15) is 10.2 Å². The lowest BCUT2D eigenvalue weighted by molar-refractivity contribution is 0.0240. The van der Waals surface area contributed by atoms with Crippen LogP contribution < -0.4 is 36.3 Å². The molecule has 2 aliphatic rings. The molecule has 7 aromatic rings. The first-order valence-corrected chi connectivity index (χ1v) is 23.1. The fraction of sp³-hybridized carbons (Fsp3) is 0.308. The highest BCUT2D eigenvalue weighted by molar-refractivity contribution is 5.81. The van der Waals surface area contributed by atoms with Crippen molar-refractivity contribution in [1.29, 1.82) is 0 Å². The number of benzene rings is 4. The average Bonchev–Trinajstić information content (AvgIpc) is 3.35. The third kappa shape index (κ3) is 10.0. The Morgan fingerprint density at radius 3 is 2.03 bits per heavy atom. The zero-order valence-electron chi connectivity index (χ0n) is 38.4. The van der Waals surface area contributed by atoms with Crippen molar-refractivity contribution in [3.63, 3.8) is 0 Å². The van der Waals surface area contributed by atoms with Gasteiger partial charge in [0.1, 0.15) is 40.5 Å². The van der Waals surface area contributed by atoms with Gasteiger partial charge in [0.2, 0.25) is 0 Å². The van der Waals surface area contributed by atoms with E-state index in [4.69, 9.17) is 36.1 Å². The van der Waals surface area contributed by atoms with Crippen LogP contribution in [0.3, 0.4) is 0 Å². The highest BCUT2D eigenvalue weighted by Gasteiger charge is 2.25. The van der Waals surface area contributed by atoms with Gasteiger partial charge in [-0.25, -0.2) is 0 Å². The summed E-state index contributed by atoms with van der Waals surface area (Å²) < 4.78 is 24.6. The van der Waals surface area contributed by atoms with Crippen molar-refractivity contribution in [2.75, 3.05) is 41.9 Å². The maximum atomic E-state index is 11.5. The number of para-hydroxylation sites is 2. The molecule has 350 valence electrons. The number of aromatic nitrogens is 6. The predicted molar refractivity (Wildman–Crippen MR) is 263 cm³/mol. The minimum atomic E-state index is -0.302. The highest BCUT2D eigenvalue weighted by atomic mass is 16.5. The molecule has 3 aromatic heterocycles. The number of hydrogen-bond donors (Lipinski definition) is 5. The maximum Gasteiger partial charge on any atom is 0.188 e. The Balaban J connectivity index is 0.875. The van der Waals surface area contributed by atoms with Crippen molar-refractivity contribution in [2.24, 2.45) is 5.92 Å². The molecule has 4 aromatic carbocycles. The van der Waals surface area contributed by atoms with Crippen molar-refractivity contribution in [2.45, 2.75) is 77.5 Å². The largest absolute Gasteiger partial charge is 0.507 e. The first-order valence-electron chi connectivity index (χ1n) is 23.1. The summed E-state index contributed by atoms with van der Waals surface area (Å²) in [5.41, 5.74) is 25.1. The molecule has 16 heteroatoms. The van der Waals surface area contributed by atoms with Gasteiger partial charge in [-0.15, -0.1) is 30.6 Å². The fourth-order valence-electron chi connectivity index (χ4n) is 8.98. The van der Waals surface area contributed by atoms with Gasteiger partial charge in [0, 0.05) is 66.6 Å². The number of hydrogen-bond acceptors (Lipinski definition) is 16. The van der Waals surface area contributed by atoms with Crippen molar-refractivity contribution >= 4 is 23.1 Å². The Labute approximate surface area is 395 Å². The Hall–Kier alpha value is -7.72. The van der Waals surface area contributed by atoms with Gasteiger partial charge in [0.25, 0.3) is 0 Å². The zero-order valence-corrected chi connectivity index (χ0v) is 38.4. The number of phenolic OH excluding ortho intramolecular Hbond substituents is 2. The third-order valence-corrected chi connectivity index (χ3v) is 12.8. The summed E-state index contributed by atoms with van der Waals surface area (Å²) >= 11 is 0. The number of anilines is 4. The van der Waals surface area contributed by atoms with Crippen LogP contribution in [0.4, 0.5) is 23.1 Å². The van der Waals surface area contributed by atoms with Crippen LogP contribution in [0, 0.1) is 5.92 Å².